The number of imidazole rings is 1. The summed E-state index contributed by atoms with van der Waals surface area (Å²) < 4.78 is 2.03. The molecule has 160 valence electrons. The van der Waals surface area contributed by atoms with Gasteiger partial charge in [-0.05, 0) is 23.8 Å². The number of imide groups is 2. The first-order valence-corrected chi connectivity index (χ1v) is 10.1. The summed E-state index contributed by atoms with van der Waals surface area (Å²) in [6, 6.07) is 13.8. The number of amides is 4. The zero-order valence-corrected chi connectivity index (χ0v) is 16.9. The minimum absolute atomic E-state index is 0.208. The number of nitrogens with zero attached hydrogens (tertiary/aromatic N) is 3. The third-order valence-corrected chi connectivity index (χ3v) is 5.62. The molecule has 2 N–H and O–H groups in total. The lowest BCUT2D eigenvalue weighted by molar-refractivity contribution is -0.125. The molecule has 3 aromatic rings. The van der Waals surface area contributed by atoms with Gasteiger partial charge in [-0.2, -0.15) is 0 Å². The van der Waals surface area contributed by atoms with E-state index in [-0.39, 0.29) is 17.5 Å². The highest BCUT2D eigenvalue weighted by Gasteiger charge is 2.46. The molecule has 1 atom stereocenters. The van der Waals surface area contributed by atoms with Gasteiger partial charge in [0.1, 0.15) is 11.9 Å². The summed E-state index contributed by atoms with van der Waals surface area (Å²) >= 11 is 0. The molecule has 32 heavy (non-hydrogen) atoms. The molecule has 1 saturated heterocycles. The molecular formula is C23H19N5O4. The lowest BCUT2D eigenvalue weighted by Crippen LogP contribution is -2.44. The van der Waals surface area contributed by atoms with Crippen LogP contribution < -0.4 is 10.6 Å². The third-order valence-electron chi connectivity index (χ3n) is 5.62. The molecule has 0 saturated carbocycles. The van der Waals surface area contributed by atoms with E-state index in [0.717, 1.165) is 16.3 Å². The van der Waals surface area contributed by atoms with Gasteiger partial charge in [-0.15, -0.1) is 0 Å². The van der Waals surface area contributed by atoms with Crippen LogP contribution in [0.25, 0.3) is 0 Å². The predicted molar refractivity (Wildman–Crippen MR) is 114 cm³/mol. The van der Waals surface area contributed by atoms with Crippen LogP contribution in [0.3, 0.4) is 0 Å². The number of fused-ring (bicyclic) bond motifs is 1. The maximum atomic E-state index is 12.9. The van der Waals surface area contributed by atoms with Gasteiger partial charge in [-0.25, -0.2) is 4.98 Å². The van der Waals surface area contributed by atoms with Gasteiger partial charge in [0.15, 0.2) is 0 Å². The van der Waals surface area contributed by atoms with Gasteiger partial charge in [0.05, 0.1) is 24.1 Å². The Morgan fingerprint density at radius 3 is 2.53 bits per heavy atom. The number of hydrogen-bond donors (Lipinski definition) is 2. The molecule has 2 aliphatic rings. The van der Waals surface area contributed by atoms with Crippen molar-refractivity contribution in [3.8, 4) is 0 Å². The lowest BCUT2D eigenvalue weighted by atomic mass is 10.1. The second-order valence-electron chi connectivity index (χ2n) is 7.68. The van der Waals surface area contributed by atoms with Crippen molar-refractivity contribution in [2.45, 2.75) is 25.6 Å². The average molecular weight is 429 g/mol. The zero-order chi connectivity index (χ0) is 22.2. The van der Waals surface area contributed by atoms with Crippen LogP contribution >= 0.6 is 0 Å². The van der Waals surface area contributed by atoms with E-state index < -0.39 is 29.7 Å². The number of hydrogen-bond acceptors (Lipinski definition) is 6. The first-order chi connectivity index (χ1) is 15.5. The van der Waals surface area contributed by atoms with Gasteiger partial charge in [-0.1, -0.05) is 30.3 Å². The summed E-state index contributed by atoms with van der Waals surface area (Å²) in [5, 5.41) is 5.38. The molecule has 0 bridgehead atoms. The monoisotopic (exact) mass is 429 g/mol. The highest BCUT2D eigenvalue weighted by molar-refractivity contribution is 6.24. The second-order valence-corrected chi connectivity index (χ2v) is 7.68. The fraction of sp³-hybridized carbons (Fsp3) is 0.174. The number of nitrogens with one attached hydrogen (secondary N) is 2. The van der Waals surface area contributed by atoms with E-state index in [2.05, 4.69) is 15.6 Å². The van der Waals surface area contributed by atoms with Crippen LogP contribution in [0.4, 0.5) is 5.69 Å². The molecule has 9 heteroatoms. The summed E-state index contributed by atoms with van der Waals surface area (Å²) in [7, 11) is 0. The Morgan fingerprint density at radius 2 is 1.78 bits per heavy atom. The Labute approximate surface area is 183 Å². The van der Waals surface area contributed by atoms with E-state index in [0.29, 0.717) is 18.8 Å². The molecule has 1 fully saturated rings. The SMILES string of the molecule is O=C1CC(N2C(=O)c3ccc(NCc4nccn4Cc4ccccc4)cc3C2=O)C(=O)N1. The quantitative estimate of drug-likeness (QED) is 0.575. The molecule has 1 aromatic heterocycles. The Bertz CT molecular complexity index is 1250. The highest BCUT2D eigenvalue weighted by Crippen LogP contribution is 2.29. The summed E-state index contributed by atoms with van der Waals surface area (Å²) in [6.45, 7) is 1.11. The lowest BCUT2D eigenvalue weighted by Gasteiger charge is -2.18. The number of rotatable bonds is 6. The summed E-state index contributed by atoms with van der Waals surface area (Å²) in [6.07, 6.45) is 3.43. The second kappa shape index (κ2) is 7.77. The van der Waals surface area contributed by atoms with E-state index >= 15 is 0 Å². The summed E-state index contributed by atoms with van der Waals surface area (Å²) in [4.78, 5) is 54.3. The van der Waals surface area contributed by atoms with E-state index in [1.54, 1.807) is 24.4 Å². The van der Waals surface area contributed by atoms with Crippen LogP contribution in [0.15, 0.2) is 60.9 Å². The Morgan fingerprint density at radius 1 is 1.00 bits per heavy atom. The van der Waals surface area contributed by atoms with Gasteiger partial charge < -0.3 is 9.88 Å². The third kappa shape index (κ3) is 3.43. The van der Waals surface area contributed by atoms with Crippen molar-refractivity contribution < 1.29 is 19.2 Å². The minimum Gasteiger partial charge on any atom is -0.378 e. The number of aromatic nitrogens is 2. The van der Waals surface area contributed by atoms with E-state index in [1.165, 1.54) is 0 Å². The van der Waals surface area contributed by atoms with Gasteiger partial charge >= 0.3 is 0 Å². The van der Waals surface area contributed by atoms with Crippen molar-refractivity contribution in [2.75, 3.05) is 5.32 Å². The molecule has 4 amide bonds. The normalized spacial score (nSPS) is 17.6. The molecule has 2 aromatic carbocycles. The number of carbonyl (C=O) groups excluding carboxylic acids is 4. The molecule has 2 aliphatic heterocycles. The van der Waals surface area contributed by atoms with Crippen molar-refractivity contribution in [2.24, 2.45) is 0 Å². The molecule has 9 nitrogen and oxygen atoms in total. The van der Waals surface area contributed by atoms with Crippen molar-refractivity contribution >= 4 is 29.3 Å². The fourth-order valence-electron chi connectivity index (χ4n) is 4.01. The van der Waals surface area contributed by atoms with Crippen molar-refractivity contribution in [3.63, 3.8) is 0 Å². The topological polar surface area (TPSA) is 113 Å². The molecule has 5 rings (SSSR count). The van der Waals surface area contributed by atoms with Crippen LogP contribution in [0, 0.1) is 0 Å². The molecular weight excluding hydrogens is 410 g/mol. The summed E-state index contributed by atoms with van der Waals surface area (Å²) in [5.74, 6) is -1.45. The van der Waals surface area contributed by atoms with E-state index in [9.17, 15) is 19.2 Å². The Kier molecular flexibility index (Phi) is 4.78. The first-order valence-electron chi connectivity index (χ1n) is 10.1. The van der Waals surface area contributed by atoms with Crippen LogP contribution in [-0.4, -0.2) is 44.1 Å². The largest absolute Gasteiger partial charge is 0.378 e. The van der Waals surface area contributed by atoms with Gasteiger partial charge in [0.2, 0.25) is 11.8 Å². The molecule has 0 spiro atoms. The summed E-state index contributed by atoms with van der Waals surface area (Å²) in [5.41, 5.74) is 2.23. The van der Waals surface area contributed by atoms with Crippen LogP contribution in [-0.2, 0) is 22.7 Å². The highest BCUT2D eigenvalue weighted by atomic mass is 16.2. The van der Waals surface area contributed by atoms with Crippen molar-refractivity contribution in [1.82, 2.24) is 19.8 Å². The number of carbonyl (C=O) groups is 4. The molecule has 1 unspecified atom stereocenters. The molecule has 0 radical (unpaired) electrons. The molecule has 3 heterocycles. The van der Waals surface area contributed by atoms with Gasteiger partial charge in [0.25, 0.3) is 11.8 Å². The standard InChI is InChI=1S/C23H19N5O4/c29-20-11-18(21(30)26-20)28-22(31)16-7-6-15(10-17(16)23(28)32)25-12-19-24-8-9-27(19)13-14-4-2-1-3-5-14/h1-10,18,25H,11-13H2,(H,26,29,30). The van der Waals surface area contributed by atoms with Crippen LogP contribution in [0.5, 0.6) is 0 Å². The smallest absolute Gasteiger partial charge is 0.262 e. The van der Waals surface area contributed by atoms with Gasteiger partial charge in [0, 0.05) is 24.6 Å². The van der Waals surface area contributed by atoms with Gasteiger partial charge in [-0.3, -0.25) is 29.4 Å². The fourth-order valence-corrected chi connectivity index (χ4v) is 4.01. The van der Waals surface area contributed by atoms with Crippen LogP contribution in [0.2, 0.25) is 0 Å². The Hall–Kier alpha value is -4.27. The van der Waals surface area contributed by atoms with Crippen molar-refractivity contribution in [1.29, 1.82) is 0 Å². The average Bonchev–Trinajstić information content (AvgIpc) is 3.44. The maximum Gasteiger partial charge on any atom is 0.262 e. The maximum absolute atomic E-state index is 12.9. The Balaban J connectivity index is 1.31. The first kappa shape index (κ1) is 19.7. The van der Waals surface area contributed by atoms with E-state index in [1.807, 2.05) is 41.1 Å². The van der Waals surface area contributed by atoms with Crippen molar-refractivity contribution in [3.05, 3.63) is 83.4 Å². The zero-order valence-electron chi connectivity index (χ0n) is 16.9. The molecule has 0 aliphatic carbocycles. The number of anilines is 1. The van der Waals surface area contributed by atoms with E-state index in [4.69, 9.17) is 0 Å². The predicted octanol–water partition coefficient (Wildman–Crippen LogP) is 1.55. The minimum atomic E-state index is -1.10. The number of benzene rings is 2. The van der Waals surface area contributed by atoms with Crippen LogP contribution in [0.1, 0.15) is 38.5 Å².